The van der Waals surface area contributed by atoms with Gasteiger partial charge >= 0.3 is 0 Å². The van der Waals surface area contributed by atoms with Crippen LogP contribution in [0.2, 0.25) is 0 Å². The van der Waals surface area contributed by atoms with Crippen molar-refractivity contribution >= 4 is 0 Å². The van der Waals surface area contributed by atoms with Crippen molar-refractivity contribution in [2.24, 2.45) is 5.92 Å². The number of hydrogen-bond acceptors (Lipinski definition) is 2. The number of ether oxygens (including phenoxy) is 1. The van der Waals surface area contributed by atoms with Crippen molar-refractivity contribution in [2.75, 3.05) is 0 Å². The summed E-state index contributed by atoms with van der Waals surface area (Å²) in [5.74, 6) is 0.532. The fraction of sp³-hybridized carbons (Fsp3) is 1.00. The first-order valence-electron chi connectivity index (χ1n) is 3.57. The maximum atomic E-state index is 8.98. The van der Waals surface area contributed by atoms with Crippen LogP contribution in [0.5, 0.6) is 0 Å². The molecule has 0 amide bonds. The second kappa shape index (κ2) is 2.67. The van der Waals surface area contributed by atoms with Crippen LogP contribution in [-0.4, -0.2) is 17.5 Å². The van der Waals surface area contributed by atoms with E-state index in [-0.39, 0.29) is 0 Å². The monoisotopic (exact) mass is 130 g/mol. The second-order valence-corrected chi connectivity index (χ2v) is 2.75. The molecule has 0 aliphatic carbocycles. The molecule has 3 atom stereocenters. The van der Waals surface area contributed by atoms with Crippen LogP contribution in [0.15, 0.2) is 0 Å². The van der Waals surface area contributed by atoms with Gasteiger partial charge in [0.2, 0.25) is 0 Å². The molecular weight excluding hydrogens is 116 g/mol. The first-order chi connectivity index (χ1) is 4.24. The maximum absolute atomic E-state index is 8.98. The molecule has 0 spiro atoms. The molecule has 0 saturated carbocycles. The molecule has 1 N–H and O–H groups in total. The van der Waals surface area contributed by atoms with E-state index in [0.29, 0.717) is 12.0 Å². The lowest BCUT2D eigenvalue weighted by Gasteiger charge is -2.09. The molecule has 1 heterocycles. The molecule has 1 aliphatic heterocycles. The van der Waals surface area contributed by atoms with Gasteiger partial charge in [0.25, 0.3) is 0 Å². The normalized spacial score (nSPS) is 43.7. The first kappa shape index (κ1) is 7.03. The van der Waals surface area contributed by atoms with Gasteiger partial charge in [-0.05, 0) is 12.3 Å². The lowest BCUT2D eigenvalue weighted by molar-refractivity contribution is -0.0921. The Kier molecular flexibility index (Phi) is 2.09. The average molecular weight is 130 g/mol. The van der Waals surface area contributed by atoms with Crippen molar-refractivity contribution < 1.29 is 9.84 Å². The zero-order valence-electron chi connectivity index (χ0n) is 6.00. The van der Waals surface area contributed by atoms with Crippen LogP contribution >= 0.6 is 0 Å². The van der Waals surface area contributed by atoms with E-state index >= 15 is 0 Å². The van der Waals surface area contributed by atoms with Gasteiger partial charge in [-0.2, -0.15) is 0 Å². The zero-order chi connectivity index (χ0) is 6.85. The summed E-state index contributed by atoms with van der Waals surface area (Å²) in [5, 5.41) is 8.98. The summed E-state index contributed by atoms with van der Waals surface area (Å²) in [6.07, 6.45) is 1.61. The quantitative estimate of drug-likeness (QED) is 0.576. The molecule has 1 aliphatic rings. The van der Waals surface area contributed by atoms with Crippen LogP contribution in [0, 0.1) is 5.92 Å². The second-order valence-electron chi connectivity index (χ2n) is 2.75. The third-order valence-corrected chi connectivity index (χ3v) is 1.94. The van der Waals surface area contributed by atoms with Gasteiger partial charge < -0.3 is 9.84 Å². The summed E-state index contributed by atoms with van der Waals surface area (Å²) >= 11 is 0. The molecular formula is C7H14O2. The molecule has 1 rings (SSSR count). The number of rotatable bonds is 1. The Hall–Kier alpha value is -0.0800. The zero-order valence-corrected chi connectivity index (χ0v) is 6.00. The third kappa shape index (κ3) is 1.43. The largest absolute Gasteiger partial charge is 0.368 e. The van der Waals surface area contributed by atoms with Crippen LogP contribution in [0.25, 0.3) is 0 Å². The Labute approximate surface area is 55.8 Å². The molecule has 0 aromatic rings. The highest BCUT2D eigenvalue weighted by atomic mass is 16.6. The van der Waals surface area contributed by atoms with Crippen molar-refractivity contribution in [3.63, 3.8) is 0 Å². The van der Waals surface area contributed by atoms with Crippen LogP contribution < -0.4 is 0 Å². The average Bonchev–Trinajstić information content (AvgIpc) is 2.10. The van der Waals surface area contributed by atoms with E-state index in [9.17, 15) is 0 Å². The van der Waals surface area contributed by atoms with Crippen molar-refractivity contribution in [1.29, 1.82) is 0 Å². The molecule has 1 fully saturated rings. The lowest BCUT2D eigenvalue weighted by atomic mass is 10.0. The lowest BCUT2D eigenvalue weighted by Crippen LogP contribution is -2.12. The predicted molar refractivity (Wildman–Crippen MR) is 35.0 cm³/mol. The number of hydrogen-bond donors (Lipinski definition) is 1. The van der Waals surface area contributed by atoms with E-state index in [0.717, 1.165) is 12.8 Å². The van der Waals surface area contributed by atoms with Crippen molar-refractivity contribution in [3.8, 4) is 0 Å². The van der Waals surface area contributed by atoms with Crippen molar-refractivity contribution in [1.82, 2.24) is 0 Å². The highest BCUT2D eigenvalue weighted by Gasteiger charge is 2.28. The summed E-state index contributed by atoms with van der Waals surface area (Å²) < 4.78 is 5.18. The van der Waals surface area contributed by atoms with Gasteiger partial charge in [-0.25, -0.2) is 0 Å². The van der Waals surface area contributed by atoms with Gasteiger partial charge in [0.15, 0.2) is 6.29 Å². The number of aliphatic hydroxyl groups excluding tert-OH is 1. The van der Waals surface area contributed by atoms with Crippen LogP contribution in [0.1, 0.15) is 26.7 Å². The van der Waals surface area contributed by atoms with Crippen molar-refractivity contribution in [2.45, 2.75) is 39.1 Å². The minimum atomic E-state index is -0.495. The molecule has 0 bridgehead atoms. The van der Waals surface area contributed by atoms with E-state index < -0.39 is 6.29 Å². The molecule has 54 valence electrons. The van der Waals surface area contributed by atoms with Crippen molar-refractivity contribution in [3.05, 3.63) is 0 Å². The summed E-state index contributed by atoms with van der Waals surface area (Å²) in [6.45, 7) is 4.20. The van der Waals surface area contributed by atoms with E-state index in [1.165, 1.54) is 0 Å². The highest BCUT2D eigenvalue weighted by molar-refractivity contribution is 4.72. The minimum absolute atomic E-state index is 0.292. The summed E-state index contributed by atoms with van der Waals surface area (Å²) in [7, 11) is 0. The maximum Gasteiger partial charge on any atom is 0.155 e. The summed E-state index contributed by atoms with van der Waals surface area (Å²) in [6, 6.07) is 0. The molecule has 3 unspecified atom stereocenters. The van der Waals surface area contributed by atoms with Gasteiger partial charge in [-0.15, -0.1) is 0 Å². The van der Waals surface area contributed by atoms with E-state index in [1.54, 1.807) is 0 Å². The Bertz CT molecular complexity index is 92.9. The van der Waals surface area contributed by atoms with Crippen LogP contribution in [0.3, 0.4) is 0 Å². The topological polar surface area (TPSA) is 29.5 Å². The van der Waals surface area contributed by atoms with Crippen LogP contribution in [-0.2, 0) is 4.74 Å². The van der Waals surface area contributed by atoms with E-state index in [4.69, 9.17) is 9.84 Å². The van der Waals surface area contributed by atoms with Gasteiger partial charge in [-0.3, -0.25) is 0 Å². The predicted octanol–water partition coefficient (Wildman–Crippen LogP) is 1.14. The standard InChI is InChI=1S/C7H14O2/c1-3-6-5(2)4-7(8)9-6/h5-8H,3-4H2,1-2H3. The molecule has 1 saturated heterocycles. The molecule has 0 aromatic heterocycles. The molecule has 9 heavy (non-hydrogen) atoms. The van der Waals surface area contributed by atoms with Gasteiger partial charge in [0.1, 0.15) is 0 Å². The van der Waals surface area contributed by atoms with Crippen LogP contribution in [0.4, 0.5) is 0 Å². The van der Waals surface area contributed by atoms with E-state index in [2.05, 4.69) is 13.8 Å². The fourth-order valence-corrected chi connectivity index (χ4v) is 1.36. The Morgan fingerprint density at radius 2 is 2.33 bits per heavy atom. The molecule has 0 radical (unpaired) electrons. The van der Waals surface area contributed by atoms with Gasteiger partial charge in [0.05, 0.1) is 6.10 Å². The Morgan fingerprint density at radius 1 is 1.67 bits per heavy atom. The minimum Gasteiger partial charge on any atom is -0.368 e. The van der Waals surface area contributed by atoms with Gasteiger partial charge in [0, 0.05) is 6.42 Å². The smallest absolute Gasteiger partial charge is 0.155 e. The number of aliphatic hydroxyl groups is 1. The highest BCUT2D eigenvalue weighted by Crippen LogP contribution is 2.26. The first-order valence-corrected chi connectivity index (χ1v) is 3.57. The molecule has 0 aromatic carbocycles. The third-order valence-electron chi connectivity index (χ3n) is 1.94. The van der Waals surface area contributed by atoms with E-state index in [1.807, 2.05) is 0 Å². The molecule has 2 nitrogen and oxygen atoms in total. The molecule has 2 heteroatoms. The Morgan fingerprint density at radius 3 is 2.56 bits per heavy atom. The summed E-state index contributed by atoms with van der Waals surface area (Å²) in [4.78, 5) is 0. The fourth-order valence-electron chi connectivity index (χ4n) is 1.36. The van der Waals surface area contributed by atoms with Gasteiger partial charge in [-0.1, -0.05) is 13.8 Å². The SMILES string of the molecule is CCC1OC(O)CC1C. The summed E-state index contributed by atoms with van der Waals surface area (Å²) in [5.41, 5.74) is 0. The Balaban J connectivity index is 2.38.